The lowest BCUT2D eigenvalue weighted by molar-refractivity contribution is -0.148. The first-order valence-corrected chi connectivity index (χ1v) is 13.0. The number of primary amides is 1. The largest absolute Gasteiger partial charge is 0.466 e. The highest BCUT2D eigenvalue weighted by Gasteiger charge is 2.42. The van der Waals surface area contributed by atoms with Crippen LogP contribution in [0.15, 0.2) is 30.3 Å². The number of nitrogens with two attached hydrogens (primary N) is 1. The van der Waals surface area contributed by atoms with E-state index in [-0.39, 0.29) is 38.5 Å². The quantitative estimate of drug-likeness (QED) is 0.329. The van der Waals surface area contributed by atoms with Gasteiger partial charge in [0, 0.05) is 19.0 Å². The first kappa shape index (κ1) is 30.6. The maximum atomic E-state index is 14.0. The van der Waals surface area contributed by atoms with Gasteiger partial charge >= 0.3 is 12.1 Å². The molecule has 1 fully saturated rings. The van der Waals surface area contributed by atoms with Crippen LogP contribution >= 0.6 is 0 Å². The minimum atomic E-state index is -1.14. The fourth-order valence-electron chi connectivity index (χ4n) is 4.05. The monoisotopic (exact) mass is 532 g/mol. The first-order valence-electron chi connectivity index (χ1n) is 13.0. The van der Waals surface area contributed by atoms with Gasteiger partial charge in [-0.25, -0.2) is 4.79 Å². The molecule has 4 amide bonds. The van der Waals surface area contributed by atoms with Crippen molar-refractivity contribution in [2.24, 2.45) is 5.73 Å². The van der Waals surface area contributed by atoms with E-state index in [9.17, 15) is 24.0 Å². The van der Waals surface area contributed by atoms with Gasteiger partial charge in [-0.1, -0.05) is 30.3 Å². The molecule has 0 bridgehead atoms. The molecule has 0 radical (unpaired) electrons. The lowest BCUT2D eigenvalue weighted by Crippen LogP contribution is -2.57. The van der Waals surface area contributed by atoms with Gasteiger partial charge in [0.1, 0.15) is 17.7 Å². The molecule has 1 aromatic carbocycles. The highest BCUT2D eigenvalue weighted by atomic mass is 16.6. The van der Waals surface area contributed by atoms with Gasteiger partial charge in [0.15, 0.2) is 0 Å². The number of nitrogens with one attached hydrogen (secondary N) is 2. The Hall–Kier alpha value is -3.63. The zero-order chi connectivity index (χ0) is 28.3. The summed E-state index contributed by atoms with van der Waals surface area (Å²) in [5.74, 6) is -2.05. The smallest absolute Gasteiger partial charge is 0.408 e. The number of benzene rings is 1. The van der Waals surface area contributed by atoms with Crippen LogP contribution in [0.5, 0.6) is 0 Å². The summed E-state index contributed by atoms with van der Waals surface area (Å²) in [4.78, 5) is 64.9. The number of amides is 4. The summed E-state index contributed by atoms with van der Waals surface area (Å²) in [5, 5.41) is 5.33. The zero-order valence-corrected chi connectivity index (χ0v) is 22.7. The SMILES string of the molecule is CCOC(=O)CCNC(=O)C(c1ccccc1)N(C(=O)C(CCC(N)=O)NC(=O)OC(C)(C)C)C1CCC1. The Balaban J connectivity index is 2.38. The van der Waals surface area contributed by atoms with Crippen molar-refractivity contribution in [1.82, 2.24) is 15.5 Å². The topological polar surface area (TPSA) is 157 Å². The second-order valence-electron chi connectivity index (χ2n) is 10.2. The second-order valence-corrected chi connectivity index (χ2v) is 10.2. The standard InChI is InChI=1S/C27H40N4O7/c1-5-37-22(33)16-17-29-24(34)23(18-10-7-6-8-11-18)31(19-12-9-13-19)25(35)20(14-15-21(28)32)30-26(36)38-27(2,3)4/h6-8,10-11,19-20,23H,5,9,12-17H2,1-4H3,(H2,28,32)(H,29,34)(H,30,36). The number of hydrogen-bond donors (Lipinski definition) is 3. The van der Waals surface area contributed by atoms with Crippen LogP contribution in [0.4, 0.5) is 4.79 Å². The molecule has 0 spiro atoms. The Labute approximate surface area is 223 Å². The van der Waals surface area contributed by atoms with Gasteiger partial charge in [-0.3, -0.25) is 19.2 Å². The molecule has 11 heteroatoms. The maximum Gasteiger partial charge on any atom is 0.408 e. The first-order chi connectivity index (χ1) is 17.9. The van der Waals surface area contributed by atoms with Gasteiger partial charge in [-0.2, -0.15) is 0 Å². The number of alkyl carbamates (subject to hydrolysis) is 1. The summed E-state index contributed by atoms with van der Waals surface area (Å²) >= 11 is 0. The third kappa shape index (κ3) is 9.68. The molecule has 210 valence electrons. The summed E-state index contributed by atoms with van der Waals surface area (Å²) in [6.45, 7) is 7.05. The number of rotatable bonds is 13. The van der Waals surface area contributed by atoms with E-state index in [1.54, 1.807) is 58.0 Å². The van der Waals surface area contributed by atoms with E-state index in [1.807, 2.05) is 0 Å². The molecule has 1 aromatic rings. The number of esters is 1. The highest BCUT2D eigenvalue weighted by molar-refractivity contribution is 5.93. The van der Waals surface area contributed by atoms with Crippen molar-refractivity contribution >= 4 is 29.8 Å². The molecule has 2 atom stereocenters. The van der Waals surface area contributed by atoms with E-state index < -0.39 is 47.5 Å². The van der Waals surface area contributed by atoms with Crippen LogP contribution in [0, 0.1) is 0 Å². The number of hydrogen-bond acceptors (Lipinski definition) is 7. The van der Waals surface area contributed by atoms with E-state index in [2.05, 4.69) is 10.6 Å². The third-order valence-corrected chi connectivity index (χ3v) is 5.97. The summed E-state index contributed by atoms with van der Waals surface area (Å²) < 4.78 is 10.3. The molecule has 0 aliphatic heterocycles. The van der Waals surface area contributed by atoms with Gasteiger partial charge in [-0.15, -0.1) is 0 Å². The summed E-state index contributed by atoms with van der Waals surface area (Å²) in [6, 6.07) is 6.41. The minimum absolute atomic E-state index is 0.0140. The van der Waals surface area contributed by atoms with E-state index >= 15 is 0 Å². The van der Waals surface area contributed by atoms with E-state index in [1.165, 1.54) is 4.90 Å². The molecule has 2 rings (SSSR count). The summed E-state index contributed by atoms with van der Waals surface area (Å²) in [6.07, 6.45) is 1.21. The lowest BCUT2D eigenvalue weighted by atomic mass is 9.87. The highest BCUT2D eigenvalue weighted by Crippen LogP contribution is 2.34. The number of carbonyl (C=O) groups excluding carboxylic acids is 5. The Morgan fingerprint density at radius 3 is 2.26 bits per heavy atom. The Bertz CT molecular complexity index is 973. The van der Waals surface area contributed by atoms with E-state index in [0.717, 1.165) is 6.42 Å². The zero-order valence-electron chi connectivity index (χ0n) is 22.7. The lowest BCUT2D eigenvalue weighted by Gasteiger charge is -2.43. The molecule has 2 unspecified atom stereocenters. The van der Waals surface area contributed by atoms with Crippen LogP contribution in [0.2, 0.25) is 0 Å². The molecule has 1 saturated carbocycles. The number of nitrogens with zero attached hydrogens (tertiary/aromatic N) is 1. The Morgan fingerprint density at radius 1 is 1.08 bits per heavy atom. The Morgan fingerprint density at radius 2 is 1.74 bits per heavy atom. The molecular weight excluding hydrogens is 492 g/mol. The van der Waals surface area contributed by atoms with Crippen LogP contribution in [0.1, 0.15) is 77.8 Å². The molecule has 1 aliphatic rings. The van der Waals surface area contributed by atoms with Crippen LogP contribution in [0.25, 0.3) is 0 Å². The van der Waals surface area contributed by atoms with Gasteiger partial charge < -0.3 is 30.7 Å². The Kier molecular flexibility index (Phi) is 11.5. The van der Waals surface area contributed by atoms with Gasteiger partial charge in [0.25, 0.3) is 0 Å². The van der Waals surface area contributed by atoms with Crippen molar-refractivity contribution in [2.75, 3.05) is 13.2 Å². The van der Waals surface area contributed by atoms with Crippen LogP contribution < -0.4 is 16.4 Å². The molecule has 0 aromatic heterocycles. The predicted octanol–water partition coefficient (Wildman–Crippen LogP) is 2.34. The van der Waals surface area contributed by atoms with Gasteiger partial charge in [0.05, 0.1) is 13.0 Å². The second kappa shape index (κ2) is 14.3. The fraction of sp³-hybridized carbons (Fsp3) is 0.593. The molecule has 1 aliphatic carbocycles. The van der Waals surface area contributed by atoms with Crippen molar-refractivity contribution in [1.29, 1.82) is 0 Å². The van der Waals surface area contributed by atoms with Crippen molar-refractivity contribution < 1.29 is 33.4 Å². The van der Waals surface area contributed by atoms with Crippen molar-refractivity contribution in [3.05, 3.63) is 35.9 Å². The molecule has 11 nitrogen and oxygen atoms in total. The van der Waals surface area contributed by atoms with Crippen LogP contribution in [0.3, 0.4) is 0 Å². The van der Waals surface area contributed by atoms with Crippen molar-refractivity contribution in [3.8, 4) is 0 Å². The van der Waals surface area contributed by atoms with Crippen molar-refractivity contribution in [3.63, 3.8) is 0 Å². The predicted molar refractivity (Wildman–Crippen MR) is 140 cm³/mol. The average Bonchev–Trinajstić information content (AvgIpc) is 2.79. The molecule has 38 heavy (non-hydrogen) atoms. The maximum absolute atomic E-state index is 14.0. The number of ether oxygens (including phenoxy) is 2. The molecule has 4 N–H and O–H groups in total. The average molecular weight is 533 g/mol. The fourth-order valence-corrected chi connectivity index (χ4v) is 4.05. The summed E-state index contributed by atoms with van der Waals surface area (Å²) in [5.41, 5.74) is 5.11. The van der Waals surface area contributed by atoms with Crippen LogP contribution in [-0.4, -0.2) is 65.5 Å². The summed E-state index contributed by atoms with van der Waals surface area (Å²) in [7, 11) is 0. The minimum Gasteiger partial charge on any atom is -0.466 e. The number of carbonyl (C=O) groups is 5. The van der Waals surface area contributed by atoms with Gasteiger partial charge in [0.2, 0.25) is 17.7 Å². The normalized spacial score (nSPS) is 14.8. The molecule has 0 saturated heterocycles. The van der Waals surface area contributed by atoms with Crippen molar-refractivity contribution in [2.45, 2.75) is 89.9 Å². The molecular formula is C27H40N4O7. The molecule has 0 heterocycles. The van der Waals surface area contributed by atoms with E-state index in [0.29, 0.717) is 18.4 Å². The van der Waals surface area contributed by atoms with E-state index in [4.69, 9.17) is 15.2 Å². The van der Waals surface area contributed by atoms with Gasteiger partial charge in [-0.05, 0) is 58.9 Å². The third-order valence-electron chi connectivity index (χ3n) is 5.97. The van der Waals surface area contributed by atoms with Crippen LogP contribution in [-0.2, 0) is 28.7 Å².